The molecule has 0 amide bonds. The number of rotatable bonds is 6. The molecule has 2 rings (SSSR count). The minimum Gasteiger partial charge on any atom is -0.493 e. The summed E-state index contributed by atoms with van der Waals surface area (Å²) in [4.78, 5) is 0. The lowest BCUT2D eigenvalue weighted by Gasteiger charge is -2.08. The average Bonchev–Trinajstić information content (AvgIpc) is 2.77. The number of hydrogen-bond donors (Lipinski definition) is 1. The first-order valence-electron chi connectivity index (χ1n) is 5.85. The van der Waals surface area contributed by atoms with Gasteiger partial charge in [0.2, 0.25) is 0 Å². The Bertz CT molecular complexity index is 339. The van der Waals surface area contributed by atoms with Crippen molar-refractivity contribution < 1.29 is 9.47 Å². The maximum atomic E-state index is 5.66. The molecule has 0 saturated carbocycles. The van der Waals surface area contributed by atoms with Crippen molar-refractivity contribution in [1.29, 1.82) is 0 Å². The van der Waals surface area contributed by atoms with Crippen molar-refractivity contribution in [3.63, 3.8) is 0 Å². The summed E-state index contributed by atoms with van der Waals surface area (Å²) in [7, 11) is 1.72. The highest BCUT2D eigenvalue weighted by Gasteiger charge is 2.14. The molecule has 1 aliphatic rings. The van der Waals surface area contributed by atoms with Crippen LogP contribution in [0, 0.1) is 0 Å². The molecule has 1 aromatic rings. The molecule has 0 radical (unpaired) electrons. The van der Waals surface area contributed by atoms with Gasteiger partial charge >= 0.3 is 0 Å². The second-order valence-electron chi connectivity index (χ2n) is 4.00. The zero-order valence-electron chi connectivity index (χ0n) is 9.79. The predicted octanol–water partition coefficient (Wildman–Crippen LogP) is 1.40. The molecule has 0 spiro atoms. The van der Waals surface area contributed by atoms with Crippen LogP contribution in [0.25, 0.3) is 0 Å². The van der Waals surface area contributed by atoms with Crippen LogP contribution in [-0.2, 0) is 17.6 Å². The molecule has 1 heterocycles. The molecule has 0 unspecified atom stereocenters. The van der Waals surface area contributed by atoms with E-state index in [1.165, 1.54) is 11.1 Å². The van der Waals surface area contributed by atoms with Gasteiger partial charge in [0.05, 0.1) is 13.2 Å². The van der Waals surface area contributed by atoms with Crippen LogP contribution in [0.2, 0.25) is 0 Å². The van der Waals surface area contributed by atoms with Gasteiger partial charge < -0.3 is 14.8 Å². The number of ether oxygens (including phenoxy) is 2. The molecule has 0 saturated heterocycles. The van der Waals surface area contributed by atoms with Gasteiger partial charge in [0, 0.05) is 20.1 Å². The maximum Gasteiger partial charge on any atom is 0.125 e. The lowest BCUT2D eigenvalue weighted by Crippen LogP contribution is -2.21. The van der Waals surface area contributed by atoms with E-state index >= 15 is 0 Å². The molecular weight excluding hydrogens is 202 g/mol. The standard InChI is InChI=1S/C13H19NO2/c1-15-10-8-14-7-5-11-3-2-4-12-6-9-16-13(11)12/h2-4,14H,5-10H2,1H3. The molecular formula is C13H19NO2. The molecule has 3 heteroatoms. The number of methoxy groups -OCH3 is 1. The molecule has 0 aliphatic carbocycles. The van der Waals surface area contributed by atoms with Gasteiger partial charge in [-0.2, -0.15) is 0 Å². The second kappa shape index (κ2) is 5.87. The summed E-state index contributed by atoms with van der Waals surface area (Å²) in [5, 5.41) is 3.35. The van der Waals surface area contributed by atoms with Gasteiger partial charge in [0.1, 0.15) is 5.75 Å². The van der Waals surface area contributed by atoms with E-state index < -0.39 is 0 Å². The summed E-state index contributed by atoms with van der Waals surface area (Å²) in [6.07, 6.45) is 2.08. The van der Waals surface area contributed by atoms with Gasteiger partial charge in [0.15, 0.2) is 0 Å². The molecule has 0 fully saturated rings. The molecule has 1 N–H and O–H groups in total. The Kier molecular flexibility index (Phi) is 4.19. The molecule has 16 heavy (non-hydrogen) atoms. The van der Waals surface area contributed by atoms with Crippen LogP contribution in [0.5, 0.6) is 5.75 Å². The van der Waals surface area contributed by atoms with Gasteiger partial charge in [-0.3, -0.25) is 0 Å². The lowest BCUT2D eigenvalue weighted by atomic mass is 10.1. The van der Waals surface area contributed by atoms with Gasteiger partial charge in [-0.1, -0.05) is 18.2 Å². The van der Waals surface area contributed by atoms with E-state index in [-0.39, 0.29) is 0 Å². The topological polar surface area (TPSA) is 30.5 Å². The minimum atomic E-state index is 0.767. The van der Waals surface area contributed by atoms with Crippen molar-refractivity contribution >= 4 is 0 Å². The highest BCUT2D eigenvalue weighted by molar-refractivity contribution is 5.44. The molecule has 0 aromatic heterocycles. The largest absolute Gasteiger partial charge is 0.493 e. The molecule has 3 nitrogen and oxygen atoms in total. The third-order valence-corrected chi connectivity index (χ3v) is 2.85. The van der Waals surface area contributed by atoms with Crippen molar-refractivity contribution in [2.45, 2.75) is 12.8 Å². The van der Waals surface area contributed by atoms with Crippen LogP contribution in [0.15, 0.2) is 18.2 Å². The van der Waals surface area contributed by atoms with Crippen LogP contribution >= 0.6 is 0 Å². The number of benzene rings is 1. The van der Waals surface area contributed by atoms with Crippen molar-refractivity contribution in [3.05, 3.63) is 29.3 Å². The fraction of sp³-hybridized carbons (Fsp3) is 0.538. The summed E-state index contributed by atoms with van der Waals surface area (Å²) in [5.41, 5.74) is 2.68. The smallest absolute Gasteiger partial charge is 0.125 e. The van der Waals surface area contributed by atoms with Gasteiger partial charge in [-0.25, -0.2) is 0 Å². The summed E-state index contributed by atoms with van der Waals surface area (Å²) in [5.74, 6) is 1.12. The van der Waals surface area contributed by atoms with E-state index in [0.717, 1.165) is 44.9 Å². The summed E-state index contributed by atoms with van der Waals surface area (Å²) >= 11 is 0. The normalized spacial score (nSPS) is 13.6. The Morgan fingerprint density at radius 3 is 3.19 bits per heavy atom. The first-order valence-corrected chi connectivity index (χ1v) is 5.85. The Morgan fingerprint density at radius 2 is 2.31 bits per heavy atom. The van der Waals surface area contributed by atoms with E-state index in [4.69, 9.17) is 9.47 Å². The molecule has 1 aromatic carbocycles. The van der Waals surface area contributed by atoms with Gasteiger partial charge in [-0.15, -0.1) is 0 Å². The molecule has 1 aliphatic heterocycles. The summed E-state index contributed by atoms with van der Waals surface area (Å²) in [6, 6.07) is 6.43. The van der Waals surface area contributed by atoms with Crippen LogP contribution in [0.1, 0.15) is 11.1 Å². The van der Waals surface area contributed by atoms with Crippen molar-refractivity contribution in [3.8, 4) is 5.75 Å². The van der Waals surface area contributed by atoms with Crippen LogP contribution in [0.3, 0.4) is 0 Å². The number of fused-ring (bicyclic) bond motifs is 1. The second-order valence-corrected chi connectivity index (χ2v) is 4.00. The van der Waals surface area contributed by atoms with E-state index in [0.29, 0.717) is 0 Å². The summed E-state index contributed by atoms with van der Waals surface area (Å²) in [6.45, 7) is 3.49. The van der Waals surface area contributed by atoms with E-state index in [1.54, 1.807) is 7.11 Å². The Hall–Kier alpha value is -1.06. The van der Waals surface area contributed by atoms with Gasteiger partial charge in [-0.05, 0) is 24.1 Å². The SMILES string of the molecule is COCCNCCc1cccc2c1OCC2. The highest BCUT2D eigenvalue weighted by atomic mass is 16.5. The van der Waals surface area contributed by atoms with Crippen molar-refractivity contribution in [2.75, 3.05) is 33.4 Å². The Morgan fingerprint density at radius 1 is 1.38 bits per heavy atom. The Balaban J connectivity index is 1.83. The lowest BCUT2D eigenvalue weighted by molar-refractivity contribution is 0.199. The fourth-order valence-electron chi connectivity index (χ4n) is 2.00. The van der Waals surface area contributed by atoms with Crippen molar-refractivity contribution in [2.24, 2.45) is 0 Å². The summed E-state index contributed by atoms with van der Waals surface area (Å²) < 4.78 is 10.6. The zero-order valence-corrected chi connectivity index (χ0v) is 9.79. The van der Waals surface area contributed by atoms with Crippen LogP contribution < -0.4 is 10.1 Å². The third-order valence-electron chi connectivity index (χ3n) is 2.85. The minimum absolute atomic E-state index is 0.767. The monoisotopic (exact) mass is 221 g/mol. The maximum absolute atomic E-state index is 5.66. The van der Waals surface area contributed by atoms with E-state index in [9.17, 15) is 0 Å². The first-order chi connectivity index (χ1) is 7.92. The van der Waals surface area contributed by atoms with E-state index in [1.807, 2.05) is 0 Å². The molecule has 0 atom stereocenters. The average molecular weight is 221 g/mol. The third kappa shape index (κ3) is 2.74. The fourth-order valence-corrected chi connectivity index (χ4v) is 2.00. The Labute approximate surface area is 96.8 Å². The van der Waals surface area contributed by atoms with Gasteiger partial charge in [0.25, 0.3) is 0 Å². The van der Waals surface area contributed by atoms with Crippen molar-refractivity contribution in [1.82, 2.24) is 5.32 Å². The predicted molar refractivity (Wildman–Crippen MR) is 64.1 cm³/mol. The van der Waals surface area contributed by atoms with Crippen LogP contribution in [-0.4, -0.2) is 33.4 Å². The van der Waals surface area contributed by atoms with E-state index in [2.05, 4.69) is 23.5 Å². The number of para-hydroxylation sites is 1. The molecule has 0 bridgehead atoms. The number of hydrogen-bond acceptors (Lipinski definition) is 3. The highest BCUT2D eigenvalue weighted by Crippen LogP contribution is 2.29. The quantitative estimate of drug-likeness (QED) is 0.737. The first kappa shape index (κ1) is 11.4. The number of nitrogens with one attached hydrogen (secondary N) is 1. The zero-order chi connectivity index (χ0) is 11.2. The molecule has 88 valence electrons. The van der Waals surface area contributed by atoms with Crippen LogP contribution in [0.4, 0.5) is 0 Å².